The molecule has 100 valence electrons. The van der Waals surface area contributed by atoms with Crippen molar-refractivity contribution in [2.24, 2.45) is 13.0 Å². The third-order valence-electron chi connectivity index (χ3n) is 3.76. The number of nitrogens with one attached hydrogen (secondary N) is 1. The normalized spacial score (nSPS) is 19.6. The van der Waals surface area contributed by atoms with Crippen molar-refractivity contribution < 1.29 is 4.74 Å². The van der Waals surface area contributed by atoms with Gasteiger partial charge in [0.2, 0.25) is 0 Å². The molecule has 1 aromatic heterocycles. The zero-order valence-corrected chi connectivity index (χ0v) is 11.2. The molecule has 2 aromatic rings. The highest BCUT2D eigenvalue weighted by Crippen LogP contribution is 2.32. The average molecular weight is 258 g/mol. The summed E-state index contributed by atoms with van der Waals surface area (Å²) in [6.07, 6.45) is 2.83. The van der Waals surface area contributed by atoms with Crippen LogP contribution in [0.15, 0.2) is 30.5 Å². The summed E-state index contributed by atoms with van der Waals surface area (Å²) in [5.74, 6) is 1.40. The number of hydrogen-bond donors (Lipinski definition) is 1. The molecule has 0 spiro atoms. The first kappa shape index (κ1) is 12.2. The number of benzene rings is 1. The SMILES string of the molecule is CNC(c1cnnn1C)C1COc2ccccc2C1. The standard InChI is InChI=1S/C14H18N4O/c1-15-14(12-8-16-17-18(12)2)11-7-10-5-3-4-6-13(10)19-9-11/h3-6,8,11,14-15H,7,9H2,1-2H3. The van der Waals surface area contributed by atoms with Crippen LogP contribution in [0.25, 0.3) is 0 Å². The molecule has 1 aliphatic rings. The van der Waals surface area contributed by atoms with E-state index in [1.807, 2.05) is 37.1 Å². The Morgan fingerprint density at radius 3 is 3.00 bits per heavy atom. The number of hydrogen-bond acceptors (Lipinski definition) is 4. The highest BCUT2D eigenvalue weighted by Gasteiger charge is 2.29. The summed E-state index contributed by atoms with van der Waals surface area (Å²) in [4.78, 5) is 0. The van der Waals surface area contributed by atoms with Crippen molar-refractivity contribution in [1.29, 1.82) is 0 Å². The lowest BCUT2D eigenvalue weighted by Gasteiger charge is -2.31. The molecule has 0 amide bonds. The third kappa shape index (κ3) is 2.21. The highest BCUT2D eigenvalue weighted by atomic mass is 16.5. The maximum atomic E-state index is 5.87. The summed E-state index contributed by atoms with van der Waals surface area (Å²) in [5.41, 5.74) is 2.37. The van der Waals surface area contributed by atoms with Crippen LogP contribution in [0.5, 0.6) is 5.75 Å². The first-order valence-corrected chi connectivity index (χ1v) is 6.52. The van der Waals surface area contributed by atoms with E-state index in [0.717, 1.165) is 17.9 Å². The minimum absolute atomic E-state index is 0.202. The molecule has 5 heteroatoms. The quantitative estimate of drug-likeness (QED) is 0.902. The number of para-hydroxylation sites is 1. The molecule has 0 aliphatic carbocycles. The smallest absolute Gasteiger partial charge is 0.122 e. The van der Waals surface area contributed by atoms with Crippen molar-refractivity contribution in [3.63, 3.8) is 0 Å². The molecule has 0 saturated heterocycles. The minimum atomic E-state index is 0.202. The van der Waals surface area contributed by atoms with Crippen LogP contribution < -0.4 is 10.1 Å². The summed E-state index contributed by atoms with van der Waals surface area (Å²) < 4.78 is 7.69. The number of fused-ring (bicyclic) bond motifs is 1. The van der Waals surface area contributed by atoms with Gasteiger partial charge in [-0.05, 0) is 25.1 Å². The van der Waals surface area contributed by atoms with Crippen LogP contribution in [0.2, 0.25) is 0 Å². The van der Waals surface area contributed by atoms with Crippen molar-refractivity contribution >= 4 is 0 Å². The predicted octanol–water partition coefficient (Wildman–Crippen LogP) is 1.33. The Bertz CT molecular complexity index is 566. The highest BCUT2D eigenvalue weighted by molar-refractivity contribution is 5.35. The Morgan fingerprint density at radius 2 is 2.26 bits per heavy atom. The molecular weight excluding hydrogens is 240 g/mol. The second-order valence-electron chi connectivity index (χ2n) is 4.93. The molecule has 5 nitrogen and oxygen atoms in total. The van der Waals surface area contributed by atoms with E-state index in [4.69, 9.17) is 4.74 Å². The number of aromatic nitrogens is 3. The van der Waals surface area contributed by atoms with Crippen molar-refractivity contribution in [3.8, 4) is 5.75 Å². The molecule has 19 heavy (non-hydrogen) atoms. The van der Waals surface area contributed by atoms with Gasteiger partial charge in [-0.1, -0.05) is 23.4 Å². The molecular formula is C14H18N4O. The van der Waals surface area contributed by atoms with Gasteiger partial charge in [0.15, 0.2) is 0 Å². The molecule has 1 aliphatic heterocycles. The van der Waals surface area contributed by atoms with Gasteiger partial charge in [-0.3, -0.25) is 4.68 Å². The summed E-state index contributed by atoms with van der Waals surface area (Å²) in [5, 5.41) is 11.3. The molecule has 0 bridgehead atoms. The molecule has 3 rings (SSSR count). The van der Waals surface area contributed by atoms with Crippen LogP contribution in [0.4, 0.5) is 0 Å². The zero-order chi connectivity index (χ0) is 13.2. The molecule has 1 aromatic carbocycles. The topological polar surface area (TPSA) is 52.0 Å². The van der Waals surface area contributed by atoms with E-state index in [1.54, 1.807) is 0 Å². The molecule has 0 fully saturated rings. The fourth-order valence-electron chi connectivity index (χ4n) is 2.77. The van der Waals surface area contributed by atoms with Gasteiger partial charge in [0.1, 0.15) is 5.75 Å². The van der Waals surface area contributed by atoms with Crippen LogP contribution in [-0.4, -0.2) is 28.6 Å². The summed E-state index contributed by atoms with van der Waals surface area (Å²) in [7, 11) is 3.89. The Morgan fingerprint density at radius 1 is 1.42 bits per heavy atom. The lowest BCUT2D eigenvalue weighted by atomic mass is 9.89. The Labute approximate surface area is 112 Å². The minimum Gasteiger partial charge on any atom is -0.493 e. The Hall–Kier alpha value is -1.88. The molecule has 0 radical (unpaired) electrons. The third-order valence-corrected chi connectivity index (χ3v) is 3.76. The second-order valence-corrected chi connectivity index (χ2v) is 4.93. The van der Waals surface area contributed by atoms with Crippen molar-refractivity contribution in [3.05, 3.63) is 41.7 Å². The average Bonchev–Trinajstić information content (AvgIpc) is 2.86. The van der Waals surface area contributed by atoms with Gasteiger partial charge >= 0.3 is 0 Å². The summed E-state index contributed by atoms with van der Waals surface area (Å²) in [6.45, 7) is 0.716. The number of ether oxygens (including phenoxy) is 1. The van der Waals surface area contributed by atoms with Crippen LogP contribution in [0.3, 0.4) is 0 Å². The van der Waals surface area contributed by atoms with Gasteiger partial charge in [-0.2, -0.15) is 0 Å². The van der Waals surface area contributed by atoms with E-state index >= 15 is 0 Å². The first-order chi connectivity index (χ1) is 9.29. The summed E-state index contributed by atoms with van der Waals surface area (Å²) >= 11 is 0. The van der Waals surface area contributed by atoms with E-state index in [2.05, 4.69) is 27.8 Å². The largest absolute Gasteiger partial charge is 0.493 e. The molecule has 2 heterocycles. The molecule has 0 saturated carbocycles. The fraction of sp³-hybridized carbons (Fsp3) is 0.429. The molecule has 2 atom stereocenters. The zero-order valence-electron chi connectivity index (χ0n) is 11.2. The summed E-state index contributed by atoms with van der Waals surface area (Å²) in [6, 6.07) is 8.44. The van der Waals surface area contributed by atoms with E-state index in [0.29, 0.717) is 12.5 Å². The van der Waals surface area contributed by atoms with E-state index in [1.165, 1.54) is 5.56 Å². The first-order valence-electron chi connectivity index (χ1n) is 6.52. The molecule has 2 unspecified atom stereocenters. The Kier molecular flexibility index (Phi) is 3.21. The van der Waals surface area contributed by atoms with Crippen molar-refractivity contribution in [2.45, 2.75) is 12.5 Å². The van der Waals surface area contributed by atoms with Crippen LogP contribution in [0, 0.1) is 5.92 Å². The van der Waals surface area contributed by atoms with E-state index in [-0.39, 0.29) is 6.04 Å². The number of rotatable bonds is 3. The van der Waals surface area contributed by atoms with E-state index in [9.17, 15) is 0 Å². The number of nitrogens with zero attached hydrogens (tertiary/aromatic N) is 3. The second kappa shape index (κ2) is 5.01. The van der Waals surface area contributed by atoms with E-state index < -0.39 is 0 Å². The lowest BCUT2D eigenvalue weighted by molar-refractivity contribution is 0.185. The monoisotopic (exact) mass is 258 g/mol. The molecule has 1 N–H and O–H groups in total. The maximum Gasteiger partial charge on any atom is 0.122 e. The number of aryl methyl sites for hydroxylation is 1. The maximum absolute atomic E-state index is 5.87. The van der Waals surface area contributed by atoms with Gasteiger partial charge in [0.25, 0.3) is 0 Å². The fourth-order valence-corrected chi connectivity index (χ4v) is 2.77. The van der Waals surface area contributed by atoms with Gasteiger partial charge in [0.05, 0.1) is 24.5 Å². The van der Waals surface area contributed by atoms with Gasteiger partial charge in [0, 0.05) is 13.0 Å². The van der Waals surface area contributed by atoms with Gasteiger partial charge in [-0.15, -0.1) is 5.10 Å². The predicted molar refractivity (Wildman–Crippen MR) is 71.9 cm³/mol. The lowest BCUT2D eigenvalue weighted by Crippen LogP contribution is -2.34. The van der Waals surface area contributed by atoms with Crippen molar-refractivity contribution in [2.75, 3.05) is 13.7 Å². The van der Waals surface area contributed by atoms with Gasteiger partial charge in [-0.25, -0.2) is 0 Å². The van der Waals surface area contributed by atoms with Crippen molar-refractivity contribution in [1.82, 2.24) is 20.3 Å². The van der Waals surface area contributed by atoms with Crippen LogP contribution in [-0.2, 0) is 13.5 Å². The Balaban J connectivity index is 1.85. The van der Waals surface area contributed by atoms with Crippen LogP contribution >= 0.6 is 0 Å². The van der Waals surface area contributed by atoms with Gasteiger partial charge < -0.3 is 10.1 Å². The van der Waals surface area contributed by atoms with Crippen LogP contribution in [0.1, 0.15) is 17.3 Å².